The third-order valence-electron chi connectivity index (χ3n) is 2.67. The van der Waals surface area contributed by atoms with Crippen molar-refractivity contribution >= 4 is 5.91 Å². The Hall–Kier alpha value is -1.89. The van der Waals surface area contributed by atoms with Gasteiger partial charge in [0.25, 0.3) is 0 Å². The maximum atomic E-state index is 13.7. The van der Waals surface area contributed by atoms with Gasteiger partial charge in [-0.15, -0.1) is 0 Å². The van der Waals surface area contributed by atoms with E-state index < -0.39 is 17.3 Å². The minimum Gasteiger partial charge on any atom is -0.325 e. The average Bonchev–Trinajstić information content (AvgIpc) is 2.30. The molecule has 0 saturated carbocycles. The molecule has 1 aromatic carbocycles. The minimum atomic E-state index is -0.905. The molecule has 1 amide bonds. The van der Waals surface area contributed by atoms with Crippen LogP contribution in [-0.4, -0.2) is 17.9 Å². The van der Waals surface area contributed by atoms with Crippen molar-refractivity contribution in [3.8, 4) is 6.07 Å². The second-order valence-corrected chi connectivity index (χ2v) is 5.22. The van der Waals surface area contributed by atoms with Crippen LogP contribution in [0.4, 0.5) is 4.39 Å². The van der Waals surface area contributed by atoms with Crippen LogP contribution < -0.4 is 0 Å². The number of hydrogen-bond donors (Lipinski definition) is 0. The highest BCUT2D eigenvalue weighted by Crippen LogP contribution is 2.26. The molecule has 0 aliphatic rings. The molecule has 4 heteroatoms. The largest absolute Gasteiger partial charge is 0.325 e. The van der Waals surface area contributed by atoms with E-state index in [1.165, 1.54) is 24.1 Å². The first-order valence-electron chi connectivity index (χ1n) is 5.70. The number of carbonyl (C=O) groups excluding carboxylic acids is 1. The molecule has 1 atom stereocenters. The summed E-state index contributed by atoms with van der Waals surface area (Å²) in [5, 5.41) is 9.18. The normalized spacial score (nSPS) is 12.7. The van der Waals surface area contributed by atoms with Crippen molar-refractivity contribution in [3.05, 3.63) is 35.6 Å². The Labute approximate surface area is 107 Å². The van der Waals surface area contributed by atoms with Gasteiger partial charge in [-0.3, -0.25) is 4.79 Å². The number of amides is 1. The van der Waals surface area contributed by atoms with Crippen molar-refractivity contribution in [1.29, 1.82) is 5.26 Å². The van der Waals surface area contributed by atoms with Gasteiger partial charge in [0.15, 0.2) is 0 Å². The summed E-state index contributed by atoms with van der Waals surface area (Å²) < 4.78 is 13.7. The SMILES string of the molecule is CN(C(=O)C(C)(C)C)C(C#N)c1ccccc1F. The van der Waals surface area contributed by atoms with Crippen LogP contribution in [0.2, 0.25) is 0 Å². The predicted molar refractivity (Wildman–Crippen MR) is 67.0 cm³/mol. The molecule has 0 bridgehead atoms. The lowest BCUT2D eigenvalue weighted by Gasteiger charge is -2.29. The highest BCUT2D eigenvalue weighted by molar-refractivity contribution is 5.82. The molecule has 0 saturated heterocycles. The van der Waals surface area contributed by atoms with Gasteiger partial charge in [0, 0.05) is 18.0 Å². The van der Waals surface area contributed by atoms with Gasteiger partial charge in [-0.2, -0.15) is 5.26 Å². The van der Waals surface area contributed by atoms with E-state index in [4.69, 9.17) is 0 Å². The van der Waals surface area contributed by atoms with Gasteiger partial charge in [0.2, 0.25) is 5.91 Å². The third kappa shape index (κ3) is 2.86. The second kappa shape index (κ2) is 5.18. The smallest absolute Gasteiger partial charge is 0.229 e. The highest BCUT2D eigenvalue weighted by Gasteiger charge is 2.31. The maximum Gasteiger partial charge on any atom is 0.229 e. The predicted octanol–water partition coefficient (Wildman–Crippen LogP) is 2.89. The fraction of sp³-hybridized carbons (Fsp3) is 0.429. The van der Waals surface area contributed by atoms with Gasteiger partial charge in [0.1, 0.15) is 11.9 Å². The summed E-state index contributed by atoms with van der Waals surface area (Å²) in [7, 11) is 1.52. The van der Waals surface area contributed by atoms with E-state index in [2.05, 4.69) is 0 Å². The zero-order valence-corrected chi connectivity index (χ0v) is 11.1. The van der Waals surface area contributed by atoms with Gasteiger partial charge in [-0.05, 0) is 6.07 Å². The number of halogens is 1. The maximum absolute atomic E-state index is 13.7. The quantitative estimate of drug-likeness (QED) is 0.807. The number of rotatable bonds is 2. The molecule has 0 fully saturated rings. The lowest BCUT2D eigenvalue weighted by molar-refractivity contribution is -0.139. The molecule has 0 spiro atoms. The number of nitrogens with zero attached hydrogens (tertiary/aromatic N) is 2. The summed E-state index contributed by atoms with van der Waals surface area (Å²) >= 11 is 0. The fourth-order valence-electron chi connectivity index (χ4n) is 1.71. The monoisotopic (exact) mass is 248 g/mol. The fourth-order valence-corrected chi connectivity index (χ4v) is 1.71. The van der Waals surface area contributed by atoms with Crippen LogP contribution in [0.3, 0.4) is 0 Å². The van der Waals surface area contributed by atoms with Crippen LogP contribution in [0.1, 0.15) is 32.4 Å². The second-order valence-electron chi connectivity index (χ2n) is 5.22. The van der Waals surface area contributed by atoms with E-state index in [0.717, 1.165) is 0 Å². The Morgan fingerprint density at radius 2 is 1.94 bits per heavy atom. The van der Waals surface area contributed by atoms with Crippen molar-refractivity contribution in [2.24, 2.45) is 5.41 Å². The zero-order chi connectivity index (χ0) is 13.9. The van der Waals surface area contributed by atoms with Crippen molar-refractivity contribution in [1.82, 2.24) is 4.90 Å². The summed E-state index contributed by atoms with van der Waals surface area (Å²) in [4.78, 5) is 13.4. The van der Waals surface area contributed by atoms with Crippen LogP contribution in [-0.2, 0) is 4.79 Å². The number of nitriles is 1. The molecule has 1 aromatic rings. The number of carbonyl (C=O) groups is 1. The van der Waals surface area contributed by atoms with Gasteiger partial charge in [-0.1, -0.05) is 39.0 Å². The summed E-state index contributed by atoms with van der Waals surface area (Å²) in [6, 6.07) is 7.09. The molecule has 96 valence electrons. The van der Waals surface area contributed by atoms with E-state index in [-0.39, 0.29) is 11.5 Å². The van der Waals surface area contributed by atoms with Crippen LogP contribution in [0.5, 0.6) is 0 Å². The molecule has 0 radical (unpaired) electrons. The van der Waals surface area contributed by atoms with E-state index in [1.54, 1.807) is 32.9 Å². The van der Waals surface area contributed by atoms with Gasteiger partial charge < -0.3 is 4.90 Å². The Bertz CT molecular complexity index is 485. The highest BCUT2D eigenvalue weighted by atomic mass is 19.1. The summed E-state index contributed by atoms with van der Waals surface area (Å²) in [5.41, 5.74) is -0.380. The van der Waals surface area contributed by atoms with Gasteiger partial charge >= 0.3 is 0 Å². The summed E-state index contributed by atoms with van der Waals surface area (Å²) in [6.07, 6.45) is 0. The molecule has 18 heavy (non-hydrogen) atoms. The number of benzene rings is 1. The summed E-state index contributed by atoms with van der Waals surface area (Å²) in [5.74, 6) is -0.671. The van der Waals surface area contributed by atoms with Crippen LogP contribution in [0, 0.1) is 22.6 Å². The summed E-state index contributed by atoms with van der Waals surface area (Å²) in [6.45, 7) is 5.30. The molecular formula is C14H17FN2O. The molecule has 3 nitrogen and oxygen atoms in total. The van der Waals surface area contributed by atoms with Crippen LogP contribution in [0.25, 0.3) is 0 Å². The Balaban J connectivity index is 3.10. The van der Waals surface area contributed by atoms with Crippen molar-refractivity contribution in [2.45, 2.75) is 26.8 Å². The Kier molecular flexibility index (Phi) is 4.07. The van der Waals surface area contributed by atoms with Crippen LogP contribution in [0.15, 0.2) is 24.3 Å². The average molecular weight is 248 g/mol. The molecule has 0 aromatic heterocycles. The molecule has 0 heterocycles. The molecule has 0 aliphatic heterocycles. The van der Waals surface area contributed by atoms with E-state index in [9.17, 15) is 14.4 Å². The molecule has 1 unspecified atom stereocenters. The van der Waals surface area contributed by atoms with Crippen molar-refractivity contribution in [3.63, 3.8) is 0 Å². The number of hydrogen-bond acceptors (Lipinski definition) is 2. The Morgan fingerprint density at radius 1 is 1.39 bits per heavy atom. The molecular weight excluding hydrogens is 231 g/mol. The van der Waals surface area contributed by atoms with E-state index >= 15 is 0 Å². The first-order chi connectivity index (χ1) is 8.29. The lowest BCUT2D eigenvalue weighted by Crippen LogP contribution is -2.39. The van der Waals surface area contributed by atoms with Crippen molar-refractivity contribution < 1.29 is 9.18 Å². The van der Waals surface area contributed by atoms with Gasteiger partial charge in [0.05, 0.1) is 6.07 Å². The first kappa shape index (κ1) is 14.2. The molecule has 1 rings (SSSR count). The first-order valence-corrected chi connectivity index (χ1v) is 5.70. The standard InChI is InChI=1S/C14H17FN2O/c1-14(2,3)13(18)17(4)12(9-16)10-7-5-6-8-11(10)15/h5-8,12H,1-4H3. The zero-order valence-electron chi connectivity index (χ0n) is 11.1. The lowest BCUT2D eigenvalue weighted by atomic mass is 9.93. The Morgan fingerprint density at radius 3 is 2.39 bits per heavy atom. The third-order valence-corrected chi connectivity index (χ3v) is 2.67. The topological polar surface area (TPSA) is 44.1 Å². The van der Waals surface area contributed by atoms with Crippen molar-refractivity contribution in [2.75, 3.05) is 7.05 Å². The van der Waals surface area contributed by atoms with Gasteiger partial charge in [-0.25, -0.2) is 4.39 Å². The molecule has 0 aliphatic carbocycles. The minimum absolute atomic E-state index is 0.197. The van der Waals surface area contributed by atoms with E-state index in [1.807, 2.05) is 6.07 Å². The van der Waals surface area contributed by atoms with Crippen LogP contribution >= 0.6 is 0 Å². The molecule has 0 N–H and O–H groups in total. The van der Waals surface area contributed by atoms with E-state index in [0.29, 0.717) is 0 Å².